The van der Waals surface area contributed by atoms with Gasteiger partial charge in [-0.15, -0.1) is 0 Å². The maximum atomic E-state index is 13.1. The lowest BCUT2D eigenvalue weighted by molar-refractivity contribution is 0.102. The number of hydrogen-bond donors (Lipinski definition) is 2. The van der Waals surface area contributed by atoms with E-state index >= 15 is 0 Å². The van der Waals surface area contributed by atoms with Crippen LogP contribution < -0.4 is 15.8 Å². The van der Waals surface area contributed by atoms with Crippen LogP contribution in [0.25, 0.3) is 0 Å². The van der Waals surface area contributed by atoms with Crippen LogP contribution in [-0.2, 0) is 0 Å². The summed E-state index contributed by atoms with van der Waals surface area (Å²) in [6.07, 6.45) is 0.942. The number of nitrogens with zero attached hydrogens (tertiary/aromatic N) is 1. The van der Waals surface area contributed by atoms with Gasteiger partial charge in [-0.05, 0) is 18.2 Å². The smallest absolute Gasteiger partial charge is 0.259 e. The summed E-state index contributed by atoms with van der Waals surface area (Å²) in [7, 11) is 1.46. The lowest BCUT2D eigenvalue weighted by atomic mass is 10.2. The van der Waals surface area contributed by atoms with Crippen LogP contribution in [0.15, 0.2) is 30.5 Å². The molecule has 5 nitrogen and oxygen atoms in total. The van der Waals surface area contributed by atoms with E-state index in [1.807, 2.05) is 0 Å². The van der Waals surface area contributed by atoms with Crippen LogP contribution >= 0.6 is 11.6 Å². The van der Waals surface area contributed by atoms with E-state index in [0.717, 1.165) is 12.3 Å². The monoisotopic (exact) mass is 295 g/mol. The largest absolute Gasteiger partial charge is 0.495 e. The number of nitrogens with one attached hydrogen (secondary N) is 1. The highest BCUT2D eigenvalue weighted by molar-refractivity contribution is 6.32. The third kappa shape index (κ3) is 2.97. The van der Waals surface area contributed by atoms with Crippen molar-refractivity contribution >= 4 is 29.0 Å². The molecule has 0 aliphatic rings. The van der Waals surface area contributed by atoms with Gasteiger partial charge in [0.25, 0.3) is 5.91 Å². The molecular weight excluding hydrogens is 285 g/mol. The first-order chi connectivity index (χ1) is 9.51. The van der Waals surface area contributed by atoms with E-state index in [0.29, 0.717) is 16.5 Å². The number of pyridine rings is 1. The van der Waals surface area contributed by atoms with Crippen LogP contribution in [-0.4, -0.2) is 18.0 Å². The molecule has 104 valence electrons. The average Bonchev–Trinajstić information content (AvgIpc) is 2.43. The number of halogens is 2. The molecule has 0 bridgehead atoms. The quantitative estimate of drug-likeness (QED) is 0.912. The molecule has 0 unspecified atom stereocenters. The molecule has 0 aliphatic carbocycles. The Morgan fingerprint density at radius 2 is 2.20 bits per heavy atom. The summed E-state index contributed by atoms with van der Waals surface area (Å²) in [5.41, 5.74) is 5.94. The molecule has 1 amide bonds. The van der Waals surface area contributed by atoms with Crippen molar-refractivity contribution in [3.63, 3.8) is 0 Å². The van der Waals surface area contributed by atoms with Gasteiger partial charge in [0.05, 0.1) is 23.9 Å². The lowest BCUT2D eigenvalue weighted by Gasteiger charge is -2.09. The zero-order valence-electron chi connectivity index (χ0n) is 10.5. The summed E-state index contributed by atoms with van der Waals surface area (Å²) in [6.45, 7) is 0. The molecule has 0 aliphatic heterocycles. The number of amides is 1. The second-order valence-corrected chi connectivity index (χ2v) is 4.30. The Morgan fingerprint density at radius 3 is 2.90 bits per heavy atom. The van der Waals surface area contributed by atoms with Gasteiger partial charge in [0.2, 0.25) is 0 Å². The summed E-state index contributed by atoms with van der Waals surface area (Å²) in [6, 6.07) is 5.73. The maximum absolute atomic E-state index is 13.1. The number of hydrogen-bond acceptors (Lipinski definition) is 4. The van der Waals surface area contributed by atoms with Gasteiger partial charge >= 0.3 is 0 Å². The van der Waals surface area contributed by atoms with Crippen LogP contribution in [0.3, 0.4) is 0 Å². The van der Waals surface area contributed by atoms with E-state index < -0.39 is 11.7 Å². The lowest BCUT2D eigenvalue weighted by Crippen LogP contribution is -2.15. The molecule has 0 fully saturated rings. The fourth-order valence-electron chi connectivity index (χ4n) is 1.57. The number of nitrogen functional groups attached to an aromatic ring is 1. The van der Waals surface area contributed by atoms with Gasteiger partial charge < -0.3 is 15.8 Å². The molecule has 1 aromatic heterocycles. The fourth-order valence-corrected chi connectivity index (χ4v) is 1.76. The highest BCUT2D eigenvalue weighted by Crippen LogP contribution is 2.27. The molecule has 0 atom stereocenters. The van der Waals surface area contributed by atoms with Crippen LogP contribution in [0.4, 0.5) is 15.9 Å². The van der Waals surface area contributed by atoms with Gasteiger partial charge in [-0.1, -0.05) is 11.6 Å². The summed E-state index contributed by atoms with van der Waals surface area (Å²) in [5.74, 6) is -0.850. The summed E-state index contributed by atoms with van der Waals surface area (Å²) in [5, 5.41) is 2.98. The van der Waals surface area contributed by atoms with Gasteiger partial charge in [0.15, 0.2) is 0 Å². The predicted octanol–water partition coefficient (Wildman–Crippen LogP) is 2.72. The number of carbonyl (C=O) groups is 1. The van der Waals surface area contributed by atoms with Crippen molar-refractivity contribution in [3.05, 3.63) is 46.9 Å². The highest BCUT2D eigenvalue weighted by Gasteiger charge is 2.13. The minimum atomic E-state index is -0.641. The van der Waals surface area contributed by atoms with Crippen molar-refractivity contribution in [2.24, 2.45) is 0 Å². The fraction of sp³-hybridized carbons (Fsp3) is 0.0769. The Hall–Kier alpha value is -2.34. The zero-order chi connectivity index (χ0) is 14.7. The molecule has 1 aromatic carbocycles. The minimum Gasteiger partial charge on any atom is -0.495 e. The van der Waals surface area contributed by atoms with Gasteiger partial charge in [-0.25, -0.2) is 9.37 Å². The van der Waals surface area contributed by atoms with Crippen LogP contribution in [0.2, 0.25) is 5.02 Å². The number of anilines is 2. The van der Waals surface area contributed by atoms with Gasteiger partial charge in [-0.3, -0.25) is 4.79 Å². The predicted molar refractivity (Wildman–Crippen MR) is 74.6 cm³/mol. The Balaban J connectivity index is 2.25. The molecule has 1 heterocycles. The normalized spacial score (nSPS) is 10.2. The molecular formula is C13H11ClFN3O2. The molecule has 2 rings (SSSR count). The molecule has 0 spiro atoms. The number of rotatable bonds is 3. The van der Waals surface area contributed by atoms with Gasteiger partial charge in [0, 0.05) is 11.8 Å². The van der Waals surface area contributed by atoms with E-state index in [4.69, 9.17) is 22.1 Å². The Labute approximate surface area is 119 Å². The number of aromatic nitrogens is 1. The van der Waals surface area contributed by atoms with E-state index in [9.17, 15) is 9.18 Å². The van der Waals surface area contributed by atoms with Crippen LogP contribution in [0.1, 0.15) is 10.4 Å². The topological polar surface area (TPSA) is 77.2 Å². The van der Waals surface area contributed by atoms with E-state index in [1.165, 1.54) is 7.11 Å². The molecule has 0 radical (unpaired) electrons. The first-order valence-electron chi connectivity index (χ1n) is 5.57. The zero-order valence-corrected chi connectivity index (χ0v) is 11.2. The highest BCUT2D eigenvalue weighted by atomic mass is 35.5. The Bertz CT molecular complexity index is 664. The standard InChI is InChI=1S/C13H11ClFN3O2/c1-20-11-5-8(2-3-10(11)14)18-13(19)9-4-7(15)6-17-12(9)16/h2-6H,1H3,(H2,16,17)(H,18,19). The SMILES string of the molecule is COc1cc(NC(=O)c2cc(F)cnc2N)ccc1Cl. The molecule has 20 heavy (non-hydrogen) atoms. The van der Waals surface area contributed by atoms with Gasteiger partial charge in [-0.2, -0.15) is 0 Å². The van der Waals surface area contributed by atoms with Crippen LogP contribution in [0, 0.1) is 5.82 Å². The van der Waals surface area contributed by atoms with E-state index in [2.05, 4.69) is 10.3 Å². The van der Waals surface area contributed by atoms with Crippen molar-refractivity contribution < 1.29 is 13.9 Å². The van der Waals surface area contributed by atoms with Crippen molar-refractivity contribution in [2.45, 2.75) is 0 Å². The first kappa shape index (κ1) is 14.1. The third-order valence-electron chi connectivity index (χ3n) is 2.54. The average molecular weight is 296 g/mol. The van der Waals surface area contributed by atoms with Crippen molar-refractivity contribution in [2.75, 3.05) is 18.2 Å². The molecule has 0 saturated heterocycles. The molecule has 3 N–H and O–H groups in total. The summed E-state index contributed by atoms with van der Waals surface area (Å²) < 4.78 is 18.1. The summed E-state index contributed by atoms with van der Waals surface area (Å²) >= 11 is 5.88. The van der Waals surface area contributed by atoms with Gasteiger partial charge in [0.1, 0.15) is 17.4 Å². The van der Waals surface area contributed by atoms with E-state index in [-0.39, 0.29) is 11.4 Å². The molecule has 7 heteroatoms. The number of benzene rings is 1. The second-order valence-electron chi connectivity index (χ2n) is 3.89. The number of nitrogens with two attached hydrogens (primary N) is 1. The Kier molecular flexibility index (Phi) is 4.05. The second kappa shape index (κ2) is 5.75. The molecule has 2 aromatic rings. The van der Waals surface area contributed by atoms with Crippen molar-refractivity contribution in [1.82, 2.24) is 4.98 Å². The number of carbonyl (C=O) groups excluding carboxylic acids is 1. The summed E-state index contributed by atoms with van der Waals surface area (Å²) in [4.78, 5) is 15.6. The minimum absolute atomic E-state index is 0.0427. The van der Waals surface area contributed by atoms with Crippen LogP contribution in [0.5, 0.6) is 5.75 Å². The third-order valence-corrected chi connectivity index (χ3v) is 2.85. The van der Waals surface area contributed by atoms with Crippen molar-refractivity contribution in [1.29, 1.82) is 0 Å². The Morgan fingerprint density at radius 1 is 1.45 bits per heavy atom. The maximum Gasteiger partial charge on any atom is 0.259 e. The number of methoxy groups -OCH3 is 1. The number of ether oxygens (including phenoxy) is 1. The van der Waals surface area contributed by atoms with E-state index in [1.54, 1.807) is 18.2 Å². The first-order valence-corrected chi connectivity index (χ1v) is 5.95. The molecule has 0 saturated carbocycles. The van der Waals surface area contributed by atoms with Crippen molar-refractivity contribution in [3.8, 4) is 5.75 Å².